The molecule has 2 aromatic carbocycles. The number of anilines is 1. The first-order valence-corrected chi connectivity index (χ1v) is 8.44. The van der Waals surface area contributed by atoms with Crippen LogP contribution in [0.1, 0.15) is 18.1 Å². The lowest BCUT2D eigenvalue weighted by atomic mass is 10.1. The van der Waals surface area contributed by atoms with E-state index in [0.717, 1.165) is 12.1 Å². The Hall–Kier alpha value is -1.98. The maximum Gasteiger partial charge on any atom is 0.270 e. The predicted octanol–water partition coefficient (Wildman–Crippen LogP) is 4.79. The smallest absolute Gasteiger partial charge is 0.268 e. The molecule has 1 saturated heterocycles. The van der Waals surface area contributed by atoms with Crippen molar-refractivity contribution in [2.24, 2.45) is 0 Å². The second-order valence-electron chi connectivity index (χ2n) is 5.06. The highest BCUT2D eigenvalue weighted by molar-refractivity contribution is 8.27. The zero-order valence-electron chi connectivity index (χ0n) is 12.5. The van der Waals surface area contributed by atoms with Gasteiger partial charge in [0.25, 0.3) is 5.91 Å². The molecular weight excluding hydrogens is 329 g/mol. The van der Waals surface area contributed by atoms with Gasteiger partial charge in [-0.3, -0.25) is 9.69 Å². The van der Waals surface area contributed by atoms with Gasteiger partial charge in [0, 0.05) is 5.56 Å². The Kier molecular flexibility index (Phi) is 4.59. The second kappa shape index (κ2) is 6.64. The van der Waals surface area contributed by atoms with Crippen LogP contribution in [-0.4, -0.2) is 10.2 Å². The van der Waals surface area contributed by atoms with Gasteiger partial charge in [0.2, 0.25) is 0 Å². The molecule has 1 aliphatic rings. The summed E-state index contributed by atoms with van der Waals surface area (Å²) in [5.41, 5.74) is 2.32. The number of halogens is 1. The van der Waals surface area contributed by atoms with E-state index in [1.807, 2.05) is 24.3 Å². The van der Waals surface area contributed by atoms with Crippen LogP contribution in [0, 0.1) is 5.82 Å². The molecule has 0 bridgehead atoms. The minimum absolute atomic E-state index is 0.215. The third kappa shape index (κ3) is 3.21. The SMILES string of the molecule is CCc1ccc(N2C(=O)/C(=C/c3ccccc3F)SC2=S)cc1. The number of hydrogen-bond acceptors (Lipinski definition) is 3. The van der Waals surface area contributed by atoms with Crippen LogP contribution in [0.2, 0.25) is 0 Å². The summed E-state index contributed by atoms with van der Waals surface area (Å²) in [6.07, 6.45) is 2.49. The number of carbonyl (C=O) groups excluding carboxylic acids is 1. The summed E-state index contributed by atoms with van der Waals surface area (Å²) in [6, 6.07) is 14.1. The first-order chi connectivity index (χ1) is 11.1. The molecule has 0 radical (unpaired) electrons. The van der Waals surface area contributed by atoms with Crippen molar-refractivity contribution in [1.82, 2.24) is 0 Å². The van der Waals surface area contributed by atoms with E-state index in [0.29, 0.717) is 14.8 Å². The molecule has 0 spiro atoms. The molecule has 0 saturated carbocycles. The van der Waals surface area contributed by atoms with Crippen molar-refractivity contribution in [2.45, 2.75) is 13.3 Å². The Bertz CT molecular complexity index is 799. The number of aryl methyl sites for hydroxylation is 1. The molecule has 0 N–H and O–H groups in total. The lowest BCUT2D eigenvalue weighted by Gasteiger charge is -2.14. The zero-order valence-corrected chi connectivity index (χ0v) is 14.1. The van der Waals surface area contributed by atoms with Crippen LogP contribution in [0.25, 0.3) is 6.08 Å². The number of rotatable bonds is 3. The number of hydrogen-bond donors (Lipinski definition) is 0. The molecule has 1 aliphatic heterocycles. The van der Waals surface area contributed by atoms with Gasteiger partial charge in [0.15, 0.2) is 4.32 Å². The van der Waals surface area contributed by atoms with E-state index in [1.165, 1.54) is 28.3 Å². The molecule has 116 valence electrons. The van der Waals surface area contributed by atoms with Crippen molar-refractivity contribution in [1.29, 1.82) is 0 Å². The van der Waals surface area contributed by atoms with Crippen molar-refractivity contribution < 1.29 is 9.18 Å². The minimum Gasteiger partial charge on any atom is -0.268 e. The summed E-state index contributed by atoms with van der Waals surface area (Å²) in [7, 11) is 0. The van der Waals surface area contributed by atoms with Gasteiger partial charge in [-0.25, -0.2) is 4.39 Å². The van der Waals surface area contributed by atoms with Crippen LogP contribution >= 0.6 is 24.0 Å². The number of amides is 1. The molecular formula is C18H14FNOS2. The molecule has 3 rings (SSSR count). The molecule has 1 fully saturated rings. The normalized spacial score (nSPS) is 16.4. The Morgan fingerprint density at radius 2 is 1.87 bits per heavy atom. The van der Waals surface area contributed by atoms with Crippen molar-refractivity contribution in [3.63, 3.8) is 0 Å². The molecule has 0 aliphatic carbocycles. The van der Waals surface area contributed by atoms with E-state index in [-0.39, 0.29) is 11.7 Å². The molecule has 0 atom stereocenters. The zero-order chi connectivity index (χ0) is 16.4. The van der Waals surface area contributed by atoms with E-state index in [1.54, 1.807) is 24.3 Å². The number of benzene rings is 2. The summed E-state index contributed by atoms with van der Waals surface area (Å²) in [5, 5.41) is 0. The van der Waals surface area contributed by atoms with Gasteiger partial charge in [0.1, 0.15) is 5.82 Å². The van der Waals surface area contributed by atoms with Crippen molar-refractivity contribution >= 4 is 46.0 Å². The predicted molar refractivity (Wildman–Crippen MR) is 97.9 cm³/mol. The van der Waals surface area contributed by atoms with E-state index in [2.05, 4.69) is 6.92 Å². The number of thioether (sulfide) groups is 1. The van der Waals surface area contributed by atoms with E-state index >= 15 is 0 Å². The fourth-order valence-corrected chi connectivity index (χ4v) is 3.59. The summed E-state index contributed by atoms with van der Waals surface area (Å²) in [4.78, 5) is 14.5. The third-order valence-electron chi connectivity index (χ3n) is 3.59. The highest BCUT2D eigenvalue weighted by Crippen LogP contribution is 2.36. The molecule has 0 aromatic heterocycles. The van der Waals surface area contributed by atoms with Gasteiger partial charge in [0.05, 0.1) is 10.6 Å². The largest absolute Gasteiger partial charge is 0.270 e. The lowest BCUT2D eigenvalue weighted by Crippen LogP contribution is -2.27. The van der Waals surface area contributed by atoms with E-state index in [9.17, 15) is 9.18 Å². The fraction of sp³-hybridized carbons (Fsp3) is 0.111. The lowest BCUT2D eigenvalue weighted by molar-refractivity contribution is -0.113. The van der Waals surface area contributed by atoms with Crippen LogP contribution < -0.4 is 4.90 Å². The summed E-state index contributed by atoms with van der Waals surface area (Å²) < 4.78 is 14.2. The standard InChI is InChI=1S/C18H14FNOS2/c1-2-12-7-9-14(10-8-12)20-17(21)16(23-18(20)22)11-13-5-3-4-6-15(13)19/h3-11H,2H2,1H3/b16-11-. The fourth-order valence-electron chi connectivity index (χ4n) is 2.30. The Morgan fingerprint density at radius 3 is 2.52 bits per heavy atom. The Morgan fingerprint density at radius 1 is 1.17 bits per heavy atom. The minimum atomic E-state index is -0.356. The maximum atomic E-state index is 13.8. The van der Waals surface area contributed by atoms with Gasteiger partial charge < -0.3 is 0 Å². The molecule has 5 heteroatoms. The quantitative estimate of drug-likeness (QED) is 0.590. The van der Waals surface area contributed by atoms with E-state index in [4.69, 9.17) is 12.2 Å². The average molecular weight is 343 g/mol. The summed E-state index contributed by atoms with van der Waals surface area (Å²) in [6.45, 7) is 2.08. The van der Waals surface area contributed by atoms with Gasteiger partial charge in [-0.05, 0) is 36.3 Å². The average Bonchev–Trinajstić information content (AvgIpc) is 2.84. The maximum absolute atomic E-state index is 13.8. The number of nitrogens with zero attached hydrogens (tertiary/aromatic N) is 1. The number of thiocarbonyl (C=S) groups is 1. The number of carbonyl (C=O) groups is 1. The van der Waals surface area contributed by atoms with Crippen LogP contribution in [0.3, 0.4) is 0 Å². The monoisotopic (exact) mass is 343 g/mol. The van der Waals surface area contributed by atoms with Gasteiger partial charge in [-0.2, -0.15) is 0 Å². The van der Waals surface area contributed by atoms with Crippen LogP contribution in [-0.2, 0) is 11.2 Å². The molecule has 1 amide bonds. The summed E-state index contributed by atoms with van der Waals surface area (Å²) in [5.74, 6) is -0.572. The van der Waals surface area contributed by atoms with Gasteiger partial charge in [-0.1, -0.05) is 61.2 Å². The second-order valence-corrected chi connectivity index (χ2v) is 6.73. The van der Waals surface area contributed by atoms with Crippen LogP contribution in [0.15, 0.2) is 53.4 Å². The Labute approximate surface area is 144 Å². The van der Waals surface area contributed by atoms with Crippen LogP contribution in [0.4, 0.5) is 10.1 Å². The molecule has 2 aromatic rings. The topological polar surface area (TPSA) is 20.3 Å². The van der Waals surface area contributed by atoms with Crippen molar-refractivity contribution in [2.75, 3.05) is 4.90 Å². The van der Waals surface area contributed by atoms with Gasteiger partial charge >= 0.3 is 0 Å². The van der Waals surface area contributed by atoms with Crippen molar-refractivity contribution in [3.8, 4) is 0 Å². The summed E-state index contributed by atoms with van der Waals surface area (Å²) >= 11 is 6.51. The van der Waals surface area contributed by atoms with Gasteiger partial charge in [-0.15, -0.1) is 0 Å². The van der Waals surface area contributed by atoms with Crippen LogP contribution in [0.5, 0.6) is 0 Å². The van der Waals surface area contributed by atoms with E-state index < -0.39 is 0 Å². The molecule has 23 heavy (non-hydrogen) atoms. The third-order valence-corrected chi connectivity index (χ3v) is 4.89. The first-order valence-electron chi connectivity index (χ1n) is 7.21. The van der Waals surface area contributed by atoms with Crippen molar-refractivity contribution in [3.05, 3.63) is 70.4 Å². The molecule has 1 heterocycles. The highest BCUT2D eigenvalue weighted by Gasteiger charge is 2.33. The highest BCUT2D eigenvalue weighted by atomic mass is 32.2. The molecule has 0 unspecified atom stereocenters. The first kappa shape index (κ1) is 15.9. The molecule has 2 nitrogen and oxygen atoms in total. The Balaban J connectivity index is 1.92.